The molecular weight excluding hydrogens is 177 g/mol. The van der Waals surface area contributed by atoms with Crippen molar-refractivity contribution in [3.63, 3.8) is 0 Å². The predicted octanol–water partition coefficient (Wildman–Crippen LogP) is -0.245. The Bertz CT molecular complexity index is 203. The maximum atomic E-state index is 11.6. The second-order valence-electron chi connectivity index (χ2n) is 1.42. The van der Waals surface area contributed by atoms with E-state index in [0.29, 0.717) is 0 Å². The van der Waals surface area contributed by atoms with Crippen LogP contribution in [-0.4, -0.2) is 29.7 Å². The van der Waals surface area contributed by atoms with Gasteiger partial charge in [0.1, 0.15) is 0 Å². The molecule has 0 bridgehead atoms. The van der Waals surface area contributed by atoms with E-state index in [1.165, 1.54) is 0 Å². The highest BCUT2D eigenvalue weighted by atomic mass is 32.2. The summed E-state index contributed by atoms with van der Waals surface area (Å²) in [7, 11) is -5.53. The van der Waals surface area contributed by atoms with Crippen LogP contribution in [0.25, 0.3) is 0 Å². The molecule has 0 spiro atoms. The Kier molecular flexibility index (Phi) is 2.28. The molecule has 0 amide bonds. The van der Waals surface area contributed by atoms with Crippen molar-refractivity contribution < 1.29 is 31.2 Å². The lowest BCUT2D eigenvalue weighted by Gasteiger charge is -2.09. The van der Waals surface area contributed by atoms with E-state index in [4.69, 9.17) is 9.66 Å². The standard InChI is InChI=1S/C2H3F3O4S/c3-1(2(4,5)6)10(7,8)9/h1,6H,(H,7,8,9). The molecular formula is C2H3F3O4S. The molecule has 0 saturated carbocycles. The third-order valence-electron chi connectivity index (χ3n) is 0.535. The zero-order valence-corrected chi connectivity index (χ0v) is 5.15. The van der Waals surface area contributed by atoms with Gasteiger partial charge in [0.25, 0.3) is 0 Å². The molecule has 0 radical (unpaired) electrons. The van der Waals surface area contributed by atoms with E-state index in [1.807, 2.05) is 0 Å². The summed E-state index contributed by atoms with van der Waals surface area (Å²) in [5.74, 6) is 0. The minimum Gasteiger partial charge on any atom is -0.333 e. The summed E-state index contributed by atoms with van der Waals surface area (Å²) in [6.45, 7) is 0. The predicted molar refractivity (Wildman–Crippen MR) is 23.6 cm³/mol. The van der Waals surface area contributed by atoms with E-state index in [1.54, 1.807) is 0 Å². The molecule has 62 valence electrons. The van der Waals surface area contributed by atoms with Gasteiger partial charge in [-0.25, -0.2) is 4.39 Å². The summed E-state index contributed by atoms with van der Waals surface area (Å²) in [6.07, 6.45) is -5.06. The average molecular weight is 180 g/mol. The lowest BCUT2D eigenvalue weighted by atomic mass is 10.7. The Hall–Kier alpha value is -0.340. The number of hydrogen-bond donors (Lipinski definition) is 2. The first-order valence-corrected chi connectivity index (χ1v) is 3.36. The Balaban J connectivity index is 4.56. The SMILES string of the molecule is O=S(=O)(O)C(F)C(O)(F)F. The molecule has 0 rings (SSSR count). The normalized spacial score (nSPS) is 16.9. The molecule has 8 heteroatoms. The van der Waals surface area contributed by atoms with Gasteiger partial charge in [-0.15, -0.1) is 0 Å². The van der Waals surface area contributed by atoms with E-state index in [0.717, 1.165) is 0 Å². The Morgan fingerprint density at radius 1 is 1.40 bits per heavy atom. The van der Waals surface area contributed by atoms with Crippen LogP contribution in [0.2, 0.25) is 0 Å². The average Bonchev–Trinajstić information content (AvgIpc) is 1.59. The smallest absolute Gasteiger partial charge is 0.333 e. The van der Waals surface area contributed by atoms with Gasteiger partial charge in [0.15, 0.2) is 0 Å². The summed E-state index contributed by atoms with van der Waals surface area (Å²) < 4.78 is 60.7. The first-order valence-electron chi connectivity index (χ1n) is 1.86. The zero-order chi connectivity index (χ0) is 8.58. The summed E-state index contributed by atoms with van der Waals surface area (Å²) in [5.41, 5.74) is -3.99. The number of rotatable bonds is 2. The highest BCUT2D eigenvalue weighted by Gasteiger charge is 2.46. The van der Waals surface area contributed by atoms with Gasteiger partial charge in [0.2, 0.25) is 0 Å². The van der Waals surface area contributed by atoms with Crippen LogP contribution in [0.4, 0.5) is 13.2 Å². The fourth-order valence-electron chi connectivity index (χ4n) is 0.179. The lowest BCUT2D eigenvalue weighted by Crippen LogP contribution is -2.35. The molecule has 0 aromatic carbocycles. The summed E-state index contributed by atoms with van der Waals surface area (Å²) in [4.78, 5) is 0. The molecule has 0 aromatic rings. The minimum absolute atomic E-state index is 3.99. The van der Waals surface area contributed by atoms with Gasteiger partial charge >= 0.3 is 21.7 Å². The molecule has 1 atom stereocenters. The molecule has 0 fully saturated rings. The fourth-order valence-corrected chi connectivity index (χ4v) is 0.538. The van der Waals surface area contributed by atoms with Crippen molar-refractivity contribution in [1.29, 1.82) is 0 Å². The van der Waals surface area contributed by atoms with Crippen LogP contribution >= 0.6 is 0 Å². The van der Waals surface area contributed by atoms with Gasteiger partial charge in [-0.3, -0.25) is 4.55 Å². The van der Waals surface area contributed by atoms with Gasteiger partial charge in [0.05, 0.1) is 0 Å². The molecule has 0 saturated heterocycles. The van der Waals surface area contributed by atoms with Gasteiger partial charge in [0, 0.05) is 0 Å². The van der Waals surface area contributed by atoms with Gasteiger partial charge in [-0.1, -0.05) is 0 Å². The van der Waals surface area contributed by atoms with Crippen LogP contribution in [0.1, 0.15) is 0 Å². The molecule has 0 aliphatic rings. The summed E-state index contributed by atoms with van der Waals surface area (Å²) >= 11 is 0. The van der Waals surface area contributed by atoms with Gasteiger partial charge < -0.3 is 5.11 Å². The molecule has 0 aromatic heterocycles. The highest BCUT2D eigenvalue weighted by Crippen LogP contribution is 2.21. The van der Waals surface area contributed by atoms with Gasteiger partial charge in [-0.2, -0.15) is 17.2 Å². The van der Waals surface area contributed by atoms with E-state index >= 15 is 0 Å². The third kappa shape index (κ3) is 2.50. The van der Waals surface area contributed by atoms with Crippen LogP contribution in [0, 0.1) is 0 Å². The number of halogens is 3. The van der Waals surface area contributed by atoms with Crippen LogP contribution in [0.3, 0.4) is 0 Å². The molecule has 4 nitrogen and oxygen atoms in total. The fraction of sp³-hybridized carbons (Fsp3) is 1.00. The van der Waals surface area contributed by atoms with Crippen molar-refractivity contribution in [3.8, 4) is 0 Å². The largest absolute Gasteiger partial charge is 0.401 e. The first kappa shape index (κ1) is 9.66. The highest BCUT2D eigenvalue weighted by molar-refractivity contribution is 7.86. The quantitative estimate of drug-likeness (QED) is 0.575. The molecule has 0 aliphatic heterocycles. The Morgan fingerprint density at radius 2 is 1.70 bits per heavy atom. The molecule has 1 unspecified atom stereocenters. The Morgan fingerprint density at radius 3 is 1.70 bits per heavy atom. The minimum atomic E-state index is -5.53. The molecule has 2 N–H and O–H groups in total. The van der Waals surface area contributed by atoms with E-state index < -0.39 is 21.7 Å². The van der Waals surface area contributed by atoms with Crippen molar-refractivity contribution in [1.82, 2.24) is 0 Å². The first-order chi connectivity index (χ1) is 4.15. The van der Waals surface area contributed by atoms with Crippen molar-refractivity contribution >= 4 is 10.1 Å². The maximum absolute atomic E-state index is 11.6. The monoisotopic (exact) mass is 180 g/mol. The van der Waals surface area contributed by atoms with E-state index in [2.05, 4.69) is 0 Å². The summed E-state index contributed by atoms with van der Waals surface area (Å²) in [6, 6.07) is 0. The number of alkyl halides is 3. The van der Waals surface area contributed by atoms with Crippen LogP contribution in [0.15, 0.2) is 0 Å². The van der Waals surface area contributed by atoms with Crippen molar-refractivity contribution in [2.45, 2.75) is 11.6 Å². The summed E-state index contributed by atoms with van der Waals surface area (Å²) in [5, 5.41) is 7.37. The van der Waals surface area contributed by atoms with E-state index in [9.17, 15) is 21.6 Å². The topological polar surface area (TPSA) is 74.6 Å². The molecule has 0 heterocycles. The van der Waals surface area contributed by atoms with Crippen LogP contribution in [0.5, 0.6) is 0 Å². The lowest BCUT2D eigenvalue weighted by molar-refractivity contribution is -0.221. The molecule has 0 aliphatic carbocycles. The van der Waals surface area contributed by atoms with Crippen LogP contribution in [-0.2, 0) is 10.1 Å². The van der Waals surface area contributed by atoms with Crippen molar-refractivity contribution in [3.05, 3.63) is 0 Å². The Labute approximate surface area is 54.0 Å². The van der Waals surface area contributed by atoms with Crippen molar-refractivity contribution in [2.75, 3.05) is 0 Å². The maximum Gasteiger partial charge on any atom is 0.401 e. The van der Waals surface area contributed by atoms with Gasteiger partial charge in [-0.05, 0) is 0 Å². The van der Waals surface area contributed by atoms with Crippen LogP contribution < -0.4 is 0 Å². The second kappa shape index (κ2) is 2.36. The molecule has 10 heavy (non-hydrogen) atoms. The van der Waals surface area contributed by atoms with Crippen molar-refractivity contribution in [2.24, 2.45) is 0 Å². The number of aliphatic hydroxyl groups is 1. The zero-order valence-electron chi connectivity index (χ0n) is 4.33. The third-order valence-corrected chi connectivity index (χ3v) is 1.34. The number of hydrogen-bond acceptors (Lipinski definition) is 3. The second-order valence-corrected chi connectivity index (χ2v) is 2.86. The van der Waals surface area contributed by atoms with E-state index in [-0.39, 0.29) is 0 Å².